The minimum Gasteiger partial charge on any atom is -0.493 e. The second kappa shape index (κ2) is 4.77. The predicted octanol–water partition coefficient (Wildman–Crippen LogP) is 0.218. The Kier molecular flexibility index (Phi) is 3.30. The molecule has 0 amide bonds. The summed E-state index contributed by atoms with van der Waals surface area (Å²) in [5, 5.41) is 9.66. The zero-order valence-electron chi connectivity index (χ0n) is 10.8. The Labute approximate surface area is 108 Å². The van der Waals surface area contributed by atoms with E-state index in [4.69, 9.17) is 9.47 Å². The number of H-pyrrole nitrogens is 1. The highest BCUT2D eigenvalue weighted by Gasteiger charge is 2.17. The van der Waals surface area contributed by atoms with E-state index in [0.29, 0.717) is 15.8 Å². The highest BCUT2D eigenvalue weighted by Crippen LogP contribution is 2.32. The number of aliphatic hydroxyl groups excluding tert-OH is 1. The Morgan fingerprint density at radius 1 is 1.26 bits per heavy atom. The van der Waals surface area contributed by atoms with E-state index >= 15 is 0 Å². The van der Waals surface area contributed by atoms with Crippen LogP contribution in [0.2, 0.25) is 0 Å². The lowest BCUT2D eigenvalue weighted by atomic mass is 10.2. The predicted molar refractivity (Wildman–Crippen MR) is 68.9 cm³/mol. The number of nitrogens with one attached hydrogen (secondary N) is 1. The molecule has 2 rings (SSSR count). The van der Waals surface area contributed by atoms with Crippen molar-refractivity contribution in [3.05, 3.63) is 33.0 Å². The number of hydrogen-bond acceptors (Lipinski definition) is 5. The minimum absolute atomic E-state index is 0.155. The highest BCUT2D eigenvalue weighted by atomic mass is 16.5. The average molecular weight is 266 g/mol. The minimum atomic E-state index is -1.24. The van der Waals surface area contributed by atoms with Gasteiger partial charge in [0.25, 0.3) is 5.56 Å². The fraction of sp³-hybridized carbons (Fsp3) is 0.333. The molecule has 0 aliphatic rings. The van der Waals surface area contributed by atoms with E-state index in [0.717, 1.165) is 0 Å². The molecule has 0 fully saturated rings. The first-order valence-corrected chi connectivity index (χ1v) is 5.58. The highest BCUT2D eigenvalue weighted by molar-refractivity contribution is 5.87. The number of aromatic nitrogens is 2. The van der Waals surface area contributed by atoms with Crippen molar-refractivity contribution in [3.8, 4) is 11.5 Å². The quantitative estimate of drug-likeness (QED) is 0.828. The van der Waals surface area contributed by atoms with Crippen LogP contribution in [0.1, 0.15) is 13.2 Å². The molecule has 1 unspecified atom stereocenters. The number of benzene rings is 1. The molecule has 2 aromatic rings. The molecule has 0 aliphatic carbocycles. The molecule has 2 N–H and O–H groups in total. The largest absolute Gasteiger partial charge is 0.493 e. The lowest BCUT2D eigenvalue weighted by molar-refractivity contribution is 0.116. The van der Waals surface area contributed by atoms with Crippen molar-refractivity contribution in [3.63, 3.8) is 0 Å². The molecule has 1 atom stereocenters. The van der Waals surface area contributed by atoms with Crippen molar-refractivity contribution >= 4 is 10.9 Å². The van der Waals surface area contributed by atoms with E-state index in [-0.39, 0.29) is 11.1 Å². The maximum absolute atomic E-state index is 12.3. The monoisotopic (exact) mass is 266 g/mol. The number of rotatable bonds is 3. The number of hydrogen-bond donors (Lipinski definition) is 2. The van der Waals surface area contributed by atoms with Crippen LogP contribution in [0.3, 0.4) is 0 Å². The second-order valence-corrected chi connectivity index (χ2v) is 3.96. The van der Waals surface area contributed by atoms with Crippen molar-refractivity contribution in [2.75, 3.05) is 14.2 Å². The average Bonchev–Trinajstić information content (AvgIpc) is 2.36. The summed E-state index contributed by atoms with van der Waals surface area (Å²) in [5.41, 5.74) is -0.992. The van der Waals surface area contributed by atoms with Crippen molar-refractivity contribution in [1.29, 1.82) is 0 Å². The van der Waals surface area contributed by atoms with Gasteiger partial charge in [-0.2, -0.15) is 0 Å². The van der Waals surface area contributed by atoms with Gasteiger partial charge in [0.1, 0.15) is 11.6 Å². The molecule has 0 spiro atoms. The summed E-state index contributed by atoms with van der Waals surface area (Å²) in [4.78, 5) is 26.5. The molecule has 0 saturated heterocycles. The third-order valence-electron chi connectivity index (χ3n) is 2.81. The Morgan fingerprint density at radius 2 is 1.95 bits per heavy atom. The first-order valence-electron chi connectivity index (χ1n) is 5.58. The van der Waals surface area contributed by atoms with Crippen LogP contribution in [-0.4, -0.2) is 28.9 Å². The van der Waals surface area contributed by atoms with Crippen LogP contribution in [0, 0.1) is 0 Å². The van der Waals surface area contributed by atoms with Gasteiger partial charge in [-0.25, -0.2) is 9.36 Å². The maximum Gasteiger partial charge on any atom is 0.330 e. The third kappa shape index (κ3) is 1.97. The van der Waals surface area contributed by atoms with Gasteiger partial charge in [0, 0.05) is 0 Å². The molecule has 7 nitrogen and oxygen atoms in total. The van der Waals surface area contributed by atoms with Crippen LogP contribution >= 0.6 is 0 Å². The number of fused-ring (bicyclic) bond motifs is 1. The number of aliphatic hydroxyl groups is 1. The standard InChI is InChI=1S/C12H14N2O5/c1-6(15)14-11(16)9-7(13-12(14)17)4-5-8(18-2)10(9)19-3/h4-6,15H,1-3H3,(H,13,17). The van der Waals surface area contributed by atoms with E-state index in [1.807, 2.05) is 0 Å². The Hall–Kier alpha value is -2.28. The lowest BCUT2D eigenvalue weighted by Crippen LogP contribution is -2.37. The zero-order valence-corrected chi connectivity index (χ0v) is 10.8. The fourth-order valence-electron chi connectivity index (χ4n) is 1.97. The second-order valence-electron chi connectivity index (χ2n) is 3.96. The van der Waals surface area contributed by atoms with Gasteiger partial charge in [0.05, 0.1) is 19.7 Å². The first-order chi connectivity index (χ1) is 9.01. The van der Waals surface area contributed by atoms with Gasteiger partial charge in [-0.15, -0.1) is 0 Å². The maximum atomic E-state index is 12.3. The van der Waals surface area contributed by atoms with Crippen molar-refractivity contribution in [2.24, 2.45) is 0 Å². The van der Waals surface area contributed by atoms with E-state index in [9.17, 15) is 14.7 Å². The van der Waals surface area contributed by atoms with Gasteiger partial charge in [-0.05, 0) is 19.1 Å². The number of ether oxygens (including phenoxy) is 2. The molecule has 102 valence electrons. The van der Waals surface area contributed by atoms with Gasteiger partial charge >= 0.3 is 5.69 Å². The topological polar surface area (TPSA) is 93.5 Å². The Bertz CT molecular complexity index is 729. The van der Waals surface area contributed by atoms with Gasteiger partial charge in [-0.3, -0.25) is 4.79 Å². The summed E-state index contributed by atoms with van der Waals surface area (Å²) >= 11 is 0. The summed E-state index contributed by atoms with van der Waals surface area (Å²) < 4.78 is 11.0. The first kappa shape index (κ1) is 13.2. The number of methoxy groups -OCH3 is 2. The van der Waals surface area contributed by atoms with E-state index in [1.165, 1.54) is 21.1 Å². The zero-order chi connectivity index (χ0) is 14.2. The molecule has 1 aromatic carbocycles. The van der Waals surface area contributed by atoms with E-state index < -0.39 is 17.5 Å². The summed E-state index contributed by atoms with van der Waals surface area (Å²) in [6.45, 7) is 1.33. The Morgan fingerprint density at radius 3 is 2.47 bits per heavy atom. The lowest BCUT2D eigenvalue weighted by Gasteiger charge is -2.13. The SMILES string of the molecule is COc1ccc2[nH]c(=O)n(C(C)O)c(=O)c2c1OC. The van der Waals surface area contributed by atoms with Crippen molar-refractivity contribution < 1.29 is 14.6 Å². The van der Waals surface area contributed by atoms with Crippen LogP contribution in [0.5, 0.6) is 11.5 Å². The van der Waals surface area contributed by atoms with Gasteiger partial charge in [-0.1, -0.05) is 0 Å². The van der Waals surface area contributed by atoms with Gasteiger partial charge in [0.15, 0.2) is 11.5 Å². The summed E-state index contributed by atoms with van der Waals surface area (Å²) in [7, 11) is 2.84. The molecule has 0 saturated carbocycles. The molecule has 0 radical (unpaired) electrons. The molecule has 0 aliphatic heterocycles. The molecule has 7 heteroatoms. The van der Waals surface area contributed by atoms with Gasteiger partial charge in [0.2, 0.25) is 0 Å². The number of nitrogens with zero attached hydrogens (tertiary/aromatic N) is 1. The van der Waals surface area contributed by atoms with E-state index in [1.54, 1.807) is 12.1 Å². The van der Waals surface area contributed by atoms with Crippen LogP contribution in [0.4, 0.5) is 0 Å². The molecule has 19 heavy (non-hydrogen) atoms. The van der Waals surface area contributed by atoms with Gasteiger partial charge < -0.3 is 19.6 Å². The smallest absolute Gasteiger partial charge is 0.330 e. The summed E-state index contributed by atoms with van der Waals surface area (Å²) in [6, 6.07) is 3.13. The fourth-order valence-corrected chi connectivity index (χ4v) is 1.97. The molecule has 0 bridgehead atoms. The van der Waals surface area contributed by atoms with Crippen LogP contribution in [0.15, 0.2) is 21.7 Å². The van der Waals surface area contributed by atoms with Crippen LogP contribution in [0.25, 0.3) is 10.9 Å². The molecular formula is C12H14N2O5. The third-order valence-corrected chi connectivity index (χ3v) is 2.81. The summed E-state index contributed by atoms with van der Waals surface area (Å²) in [5.74, 6) is 0.590. The van der Waals surface area contributed by atoms with Crippen molar-refractivity contribution in [1.82, 2.24) is 9.55 Å². The van der Waals surface area contributed by atoms with Crippen molar-refractivity contribution in [2.45, 2.75) is 13.2 Å². The summed E-state index contributed by atoms with van der Waals surface area (Å²) in [6.07, 6.45) is -1.24. The van der Waals surface area contributed by atoms with Crippen LogP contribution < -0.4 is 20.7 Å². The van der Waals surface area contributed by atoms with E-state index in [2.05, 4.69) is 4.98 Å². The van der Waals surface area contributed by atoms with Crippen LogP contribution in [-0.2, 0) is 0 Å². The molecule has 1 heterocycles. The normalized spacial score (nSPS) is 12.4. The molecular weight excluding hydrogens is 252 g/mol. The molecule has 1 aromatic heterocycles. The number of aromatic amines is 1. The Balaban J connectivity index is 3.00.